The number of nitrogens with one attached hydrogen (secondary N) is 1. The van der Waals surface area contributed by atoms with Crippen LogP contribution in [0.2, 0.25) is 0 Å². The fourth-order valence-corrected chi connectivity index (χ4v) is 3.15. The topological polar surface area (TPSA) is 69.0 Å². The first-order valence-electron chi connectivity index (χ1n) is 7.41. The van der Waals surface area contributed by atoms with E-state index in [1.807, 2.05) is 43.7 Å². The minimum atomic E-state index is -0.306. The Morgan fingerprint density at radius 2 is 2.00 bits per heavy atom. The molecule has 0 aliphatic rings. The molecule has 1 amide bonds. The maximum atomic E-state index is 12.5. The summed E-state index contributed by atoms with van der Waals surface area (Å²) < 4.78 is 7.28. The molecule has 0 radical (unpaired) electrons. The molecule has 3 aromatic rings. The van der Waals surface area contributed by atoms with Crippen LogP contribution in [0.5, 0.6) is 5.75 Å². The lowest BCUT2D eigenvalue weighted by molar-refractivity contribution is 0.102. The van der Waals surface area contributed by atoms with Gasteiger partial charge in [-0.3, -0.25) is 4.79 Å². The summed E-state index contributed by atoms with van der Waals surface area (Å²) in [5.74, 6) is 0.606. The molecule has 1 N–H and O–H groups in total. The summed E-state index contributed by atoms with van der Waals surface area (Å²) in [7, 11) is 3.52. The summed E-state index contributed by atoms with van der Waals surface area (Å²) in [5.41, 5.74) is 3.28. The molecule has 0 saturated carbocycles. The van der Waals surface area contributed by atoms with Crippen molar-refractivity contribution in [1.29, 1.82) is 0 Å². The fourth-order valence-electron chi connectivity index (χ4n) is 2.29. The molecule has 0 spiro atoms. The molecule has 6 nitrogen and oxygen atoms in total. The van der Waals surface area contributed by atoms with Gasteiger partial charge < -0.3 is 14.6 Å². The number of hydrogen-bond donors (Lipinski definition) is 1. The molecule has 3 aromatic heterocycles. The van der Waals surface area contributed by atoms with Gasteiger partial charge in [-0.05, 0) is 38.1 Å². The number of thiazole rings is 1. The van der Waals surface area contributed by atoms with Crippen molar-refractivity contribution in [2.24, 2.45) is 7.05 Å². The normalized spacial score (nSPS) is 10.7. The molecule has 0 atom stereocenters. The van der Waals surface area contributed by atoms with Gasteiger partial charge in [-0.25, -0.2) is 9.97 Å². The predicted molar refractivity (Wildman–Crippen MR) is 94.7 cm³/mol. The van der Waals surface area contributed by atoms with Crippen molar-refractivity contribution in [3.05, 3.63) is 46.7 Å². The highest BCUT2D eigenvalue weighted by Crippen LogP contribution is 2.26. The van der Waals surface area contributed by atoms with Gasteiger partial charge in [0.25, 0.3) is 5.91 Å². The molecular weight excluding hydrogens is 324 g/mol. The summed E-state index contributed by atoms with van der Waals surface area (Å²) in [6, 6.07) is 7.63. The third kappa shape index (κ3) is 3.03. The molecule has 3 rings (SSSR count). The molecule has 7 heteroatoms. The maximum absolute atomic E-state index is 12.5. The van der Waals surface area contributed by atoms with E-state index in [-0.39, 0.29) is 5.91 Å². The van der Waals surface area contributed by atoms with E-state index in [2.05, 4.69) is 15.3 Å². The zero-order valence-corrected chi connectivity index (χ0v) is 14.8. The van der Waals surface area contributed by atoms with E-state index < -0.39 is 0 Å². The van der Waals surface area contributed by atoms with Crippen molar-refractivity contribution < 1.29 is 9.53 Å². The molecular formula is C17H18N4O2S. The van der Waals surface area contributed by atoms with Crippen molar-refractivity contribution in [3.8, 4) is 16.5 Å². The molecule has 124 valence electrons. The summed E-state index contributed by atoms with van der Waals surface area (Å²) in [5, 5.41) is 5.32. The molecule has 0 aliphatic carbocycles. The summed E-state index contributed by atoms with van der Waals surface area (Å²) >= 11 is 1.44. The molecule has 0 fully saturated rings. The average molecular weight is 342 g/mol. The highest BCUT2D eigenvalue weighted by molar-refractivity contribution is 7.13. The van der Waals surface area contributed by atoms with Gasteiger partial charge in [-0.15, -0.1) is 11.3 Å². The maximum Gasteiger partial charge on any atom is 0.276 e. The number of pyridine rings is 1. The van der Waals surface area contributed by atoms with Gasteiger partial charge in [0.05, 0.1) is 12.8 Å². The molecule has 0 aliphatic heterocycles. The number of aromatic nitrogens is 3. The summed E-state index contributed by atoms with van der Waals surface area (Å²) in [6.45, 7) is 3.88. The third-order valence-electron chi connectivity index (χ3n) is 3.78. The monoisotopic (exact) mass is 342 g/mol. The predicted octanol–water partition coefficient (Wildman–Crippen LogP) is 3.42. The van der Waals surface area contributed by atoms with Gasteiger partial charge in [0.1, 0.15) is 10.7 Å². The Hall–Kier alpha value is -2.67. The van der Waals surface area contributed by atoms with Crippen LogP contribution >= 0.6 is 11.3 Å². The van der Waals surface area contributed by atoms with Gasteiger partial charge in [0.15, 0.2) is 11.6 Å². The zero-order valence-electron chi connectivity index (χ0n) is 14.0. The van der Waals surface area contributed by atoms with Crippen LogP contribution in [0.15, 0.2) is 29.6 Å². The second kappa shape index (κ2) is 6.45. The lowest BCUT2D eigenvalue weighted by Crippen LogP contribution is -2.14. The van der Waals surface area contributed by atoms with E-state index in [9.17, 15) is 4.79 Å². The van der Waals surface area contributed by atoms with Crippen LogP contribution in [0.1, 0.15) is 21.9 Å². The Kier molecular flexibility index (Phi) is 4.35. The second-order valence-corrected chi connectivity index (χ2v) is 6.27. The number of ether oxygens (including phenoxy) is 1. The van der Waals surface area contributed by atoms with Gasteiger partial charge in [-0.2, -0.15) is 0 Å². The number of carbonyl (C=O) groups is 1. The van der Waals surface area contributed by atoms with Crippen LogP contribution in [0.25, 0.3) is 10.7 Å². The number of methoxy groups -OCH3 is 1. The van der Waals surface area contributed by atoms with Crippen LogP contribution in [-0.4, -0.2) is 27.6 Å². The van der Waals surface area contributed by atoms with E-state index in [1.54, 1.807) is 18.6 Å². The van der Waals surface area contributed by atoms with E-state index in [0.29, 0.717) is 17.3 Å². The molecule has 0 saturated heterocycles. The van der Waals surface area contributed by atoms with Gasteiger partial charge in [-0.1, -0.05) is 0 Å². The highest BCUT2D eigenvalue weighted by Gasteiger charge is 2.16. The van der Waals surface area contributed by atoms with E-state index in [4.69, 9.17) is 4.74 Å². The lowest BCUT2D eigenvalue weighted by Gasteiger charge is -2.08. The van der Waals surface area contributed by atoms with Crippen LogP contribution in [-0.2, 0) is 7.05 Å². The Labute approximate surface area is 144 Å². The van der Waals surface area contributed by atoms with Crippen LogP contribution < -0.4 is 10.1 Å². The minimum Gasteiger partial charge on any atom is -0.493 e. The number of anilines is 1. The molecule has 24 heavy (non-hydrogen) atoms. The zero-order chi connectivity index (χ0) is 17.3. The van der Waals surface area contributed by atoms with Crippen molar-refractivity contribution in [2.45, 2.75) is 13.8 Å². The first-order valence-corrected chi connectivity index (χ1v) is 8.28. The average Bonchev–Trinajstić information content (AvgIpc) is 3.16. The Bertz CT molecular complexity index is 898. The number of carbonyl (C=O) groups excluding carboxylic acids is 1. The van der Waals surface area contributed by atoms with Crippen molar-refractivity contribution >= 4 is 23.1 Å². The number of nitrogens with zero attached hydrogens (tertiary/aromatic N) is 3. The smallest absolute Gasteiger partial charge is 0.276 e. The largest absolute Gasteiger partial charge is 0.493 e. The quantitative estimate of drug-likeness (QED) is 0.789. The van der Waals surface area contributed by atoms with Gasteiger partial charge in [0, 0.05) is 23.8 Å². The SMILES string of the molecule is COc1ccc(C)nc1NC(=O)c1csc(-c2ccc(C)n2C)n1. The Morgan fingerprint density at radius 1 is 1.21 bits per heavy atom. The van der Waals surface area contributed by atoms with E-state index in [1.165, 1.54) is 11.3 Å². The summed E-state index contributed by atoms with van der Waals surface area (Å²) in [4.78, 5) is 21.2. The van der Waals surface area contributed by atoms with Crippen LogP contribution in [0.3, 0.4) is 0 Å². The third-order valence-corrected chi connectivity index (χ3v) is 4.64. The van der Waals surface area contributed by atoms with Crippen LogP contribution in [0, 0.1) is 13.8 Å². The van der Waals surface area contributed by atoms with Crippen molar-refractivity contribution in [1.82, 2.24) is 14.5 Å². The first kappa shape index (κ1) is 16.2. The van der Waals surface area contributed by atoms with Crippen molar-refractivity contribution in [2.75, 3.05) is 12.4 Å². The standard InChI is InChI=1S/C17H18N4O2S/c1-10-5-8-14(23-4)15(18-10)20-16(22)12-9-24-17(19-12)13-7-6-11(2)21(13)3/h5-9H,1-4H3,(H,18,20,22). The number of amides is 1. The van der Waals surface area contributed by atoms with Crippen molar-refractivity contribution in [3.63, 3.8) is 0 Å². The lowest BCUT2D eigenvalue weighted by atomic mass is 10.3. The fraction of sp³-hybridized carbons (Fsp3) is 0.235. The molecule has 3 heterocycles. The van der Waals surface area contributed by atoms with E-state index >= 15 is 0 Å². The number of hydrogen-bond acceptors (Lipinski definition) is 5. The molecule has 0 bridgehead atoms. The minimum absolute atomic E-state index is 0.306. The molecule has 0 aromatic carbocycles. The molecule has 0 unspecified atom stereocenters. The first-order chi connectivity index (χ1) is 11.5. The van der Waals surface area contributed by atoms with Gasteiger partial charge in [0.2, 0.25) is 0 Å². The Balaban J connectivity index is 1.84. The van der Waals surface area contributed by atoms with E-state index in [0.717, 1.165) is 22.1 Å². The Morgan fingerprint density at radius 3 is 2.67 bits per heavy atom. The number of aryl methyl sites for hydroxylation is 2. The second-order valence-electron chi connectivity index (χ2n) is 5.41. The van der Waals surface area contributed by atoms with Crippen LogP contribution in [0.4, 0.5) is 5.82 Å². The highest BCUT2D eigenvalue weighted by atomic mass is 32.1. The summed E-state index contributed by atoms with van der Waals surface area (Å²) in [6.07, 6.45) is 0. The number of rotatable bonds is 4. The van der Waals surface area contributed by atoms with Gasteiger partial charge >= 0.3 is 0 Å².